The summed E-state index contributed by atoms with van der Waals surface area (Å²) in [5.41, 5.74) is 1.06. The molecular weight excluding hydrogens is 371 g/mol. The van der Waals surface area contributed by atoms with Gasteiger partial charge in [0.25, 0.3) is 5.91 Å². The van der Waals surface area contributed by atoms with Gasteiger partial charge in [0.15, 0.2) is 0 Å². The SMILES string of the molecule is CC(=O)N1CCN(c2ncccc2CNC(=O)c2ccc(Cl)c(F)c2)CC1. The van der Waals surface area contributed by atoms with Crippen LogP contribution in [0.4, 0.5) is 10.2 Å². The van der Waals surface area contributed by atoms with Crippen molar-refractivity contribution in [2.45, 2.75) is 13.5 Å². The Bertz CT molecular complexity index is 853. The molecule has 1 N–H and O–H groups in total. The van der Waals surface area contributed by atoms with Gasteiger partial charge in [0, 0.05) is 57.0 Å². The van der Waals surface area contributed by atoms with Crippen LogP contribution in [0.3, 0.4) is 0 Å². The van der Waals surface area contributed by atoms with Gasteiger partial charge in [-0.25, -0.2) is 9.37 Å². The number of aromatic nitrogens is 1. The van der Waals surface area contributed by atoms with Gasteiger partial charge in [0.2, 0.25) is 5.91 Å². The number of anilines is 1. The molecule has 1 aliphatic heterocycles. The lowest BCUT2D eigenvalue weighted by molar-refractivity contribution is -0.129. The predicted molar refractivity (Wildman–Crippen MR) is 101 cm³/mol. The summed E-state index contributed by atoms with van der Waals surface area (Å²) < 4.78 is 13.5. The number of carbonyl (C=O) groups excluding carboxylic acids is 2. The van der Waals surface area contributed by atoms with Crippen molar-refractivity contribution < 1.29 is 14.0 Å². The van der Waals surface area contributed by atoms with Crippen molar-refractivity contribution in [3.05, 3.63) is 58.5 Å². The lowest BCUT2D eigenvalue weighted by Crippen LogP contribution is -2.48. The van der Waals surface area contributed by atoms with Crippen LogP contribution < -0.4 is 10.2 Å². The van der Waals surface area contributed by atoms with Gasteiger partial charge < -0.3 is 15.1 Å². The van der Waals surface area contributed by atoms with Crippen molar-refractivity contribution in [1.29, 1.82) is 0 Å². The molecule has 3 rings (SSSR count). The quantitative estimate of drug-likeness (QED) is 0.871. The minimum Gasteiger partial charge on any atom is -0.353 e. The average molecular weight is 391 g/mol. The number of hydrogen-bond acceptors (Lipinski definition) is 4. The number of piperazine rings is 1. The molecule has 0 saturated carbocycles. The lowest BCUT2D eigenvalue weighted by atomic mass is 10.2. The van der Waals surface area contributed by atoms with E-state index in [2.05, 4.69) is 15.2 Å². The highest BCUT2D eigenvalue weighted by molar-refractivity contribution is 6.30. The van der Waals surface area contributed by atoms with Gasteiger partial charge in [-0.15, -0.1) is 0 Å². The van der Waals surface area contributed by atoms with Crippen LogP contribution in [0.5, 0.6) is 0 Å². The number of nitrogens with one attached hydrogen (secondary N) is 1. The molecule has 0 aliphatic carbocycles. The molecule has 1 saturated heterocycles. The zero-order valence-electron chi connectivity index (χ0n) is 14.9. The van der Waals surface area contributed by atoms with E-state index in [0.29, 0.717) is 26.2 Å². The zero-order valence-corrected chi connectivity index (χ0v) is 15.7. The highest BCUT2D eigenvalue weighted by Gasteiger charge is 2.21. The molecule has 27 heavy (non-hydrogen) atoms. The number of hydrogen-bond donors (Lipinski definition) is 1. The monoisotopic (exact) mass is 390 g/mol. The van der Waals surface area contributed by atoms with Gasteiger partial charge in [-0.1, -0.05) is 17.7 Å². The van der Waals surface area contributed by atoms with Crippen molar-refractivity contribution in [2.75, 3.05) is 31.1 Å². The smallest absolute Gasteiger partial charge is 0.251 e. The fraction of sp³-hybridized carbons (Fsp3) is 0.316. The van der Waals surface area contributed by atoms with Crippen LogP contribution in [0.15, 0.2) is 36.5 Å². The number of carbonyl (C=O) groups is 2. The number of benzene rings is 1. The van der Waals surface area contributed by atoms with Gasteiger partial charge >= 0.3 is 0 Å². The van der Waals surface area contributed by atoms with Crippen LogP contribution >= 0.6 is 11.6 Å². The first-order chi connectivity index (χ1) is 13.0. The molecule has 1 fully saturated rings. The van der Waals surface area contributed by atoms with Crippen molar-refractivity contribution in [3.8, 4) is 0 Å². The maximum atomic E-state index is 13.5. The van der Waals surface area contributed by atoms with E-state index in [0.717, 1.165) is 17.4 Å². The van der Waals surface area contributed by atoms with E-state index in [9.17, 15) is 14.0 Å². The molecular formula is C19H20ClFN4O2. The summed E-state index contributed by atoms with van der Waals surface area (Å²) in [6.45, 7) is 4.47. The molecule has 2 amide bonds. The van der Waals surface area contributed by atoms with Crippen molar-refractivity contribution in [1.82, 2.24) is 15.2 Å². The van der Waals surface area contributed by atoms with Crippen LogP contribution in [0.25, 0.3) is 0 Å². The van der Waals surface area contributed by atoms with E-state index < -0.39 is 5.82 Å². The summed E-state index contributed by atoms with van der Waals surface area (Å²) in [6, 6.07) is 7.64. The molecule has 0 spiro atoms. The third-order valence-corrected chi connectivity index (χ3v) is 4.82. The van der Waals surface area contributed by atoms with Crippen molar-refractivity contribution in [2.24, 2.45) is 0 Å². The Morgan fingerprint density at radius 3 is 2.63 bits per heavy atom. The average Bonchev–Trinajstić information content (AvgIpc) is 2.68. The molecule has 0 radical (unpaired) electrons. The Kier molecular flexibility index (Phi) is 5.91. The van der Waals surface area contributed by atoms with Crippen molar-refractivity contribution >= 4 is 29.2 Å². The highest BCUT2D eigenvalue weighted by Crippen LogP contribution is 2.20. The lowest BCUT2D eigenvalue weighted by Gasteiger charge is -2.35. The molecule has 8 heteroatoms. The third kappa shape index (κ3) is 4.54. The van der Waals surface area contributed by atoms with Gasteiger partial charge in [-0.05, 0) is 24.3 Å². The Balaban J connectivity index is 1.67. The Hall–Kier alpha value is -2.67. The Morgan fingerprint density at radius 2 is 1.96 bits per heavy atom. The molecule has 1 aliphatic rings. The molecule has 2 aromatic rings. The number of pyridine rings is 1. The fourth-order valence-electron chi connectivity index (χ4n) is 3.00. The number of nitrogens with zero attached hydrogens (tertiary/aromatic N) is 3. The minimum absolute atomic E-state index is 0.0224. The Labute approximate surface area is 161 Å². The molecule has 6 nitrogen and oxygen atoms in total. The standard InChI is InChI=1S/C19H20ClFN4O2/c1-13(26)24-7-9-25(10-8-24)18-15(3-2-6-22-18)12-23-19(27)14-4-5-16(20)17(21)11-14/h2-6,11H,7-10,12H2,1H3,(H,23,27). The second-order valence-electron chi connectivity index (χ2n) is 6.29. The minimum atomic E-state index is -0.630. The van der Waals surface area contributed by atoms with E-state index in [1.165, 1.54) is 12.1 Å². The van der Waals surface area contributed by atoms with E-state index in [4.69, 9.17) is 11.6 Å². The van der Waals surface area contributed by atoms with Crippen LogP contribution in [0, 0.1) is 5.82 Å². The van der Waals surface area contributed by atoms with E-state index >= 15 is 0 Å². The first-order valence-corrected chi connectivity index (χ1v) is 9.01. The first kappa shape index (κ1) is 19.1. The molecule has 0 atom stereocenters. The van der Waals surface area contributed by atoms with Crippen LogP contribution in [-0.4, -0.2) is 47.9 Å². The largest absolute Gasteiger partial charge is 0.353 e. The number of rotatable bonds is 4. The molecule has 2 heterocycles. The van der Waals surface area contributed by atoms with E-state index in [1.807, 2.05) is 6.07 Å². The summed E-state index contributed by atoms with van der Waals surface area (Å²) in [5, 5.41) is 2.77. The van der Waals surface area contributed by atoms with Crippen LogP contribution in [0.1, 0.15) is 22.8 Å². The number of amides is 2. The van der Waals surface area contributed by atoms with E-state index in [-0.39, 0.29) is 28.9 Å². The summed E-state index contributed by atoms with van der Waals surface area (Å²) in [4.78, 5) is 32.1. The Morgan fingerprint density at radius 1 is 1.22 bits per heavy atom. The predicted octanol–water partition coefficient (Wildman–Crippen LogP) is 2.47. The van der Waals surface area contributed by atoms with Gasteiger partial charge in [-0.3, -0.25) is 9.59 Å². The molecule has 0 bridgehead atoms. The fourth-order valence-corrected chi connectivity index (χ4v) is 3.12. The van der Waals surface area contributed by atoms with Gasteiger partial charge in [-0.2, -0.15) is 0 Å². The van der Waals surface area contributed by atoms with Gasteiger partial charge in [0.05, 0.1) is 5.02 Å². The second-order valence-corrected chi connectivity index (χ2v) is 6.70. The van der Waals surface area contributed by atoms with Gasteiger partial charge in [0.1, 0.15) is 11.6 Å². The second kappa shape index (κ2) is 8.35. The van der Waals surface area contributed by atoms with Crippen LogP contribution in [-0.2, 0) is 11.3 Å². The zero-order chi connectivity index (χ0) is 19.4. The third-order valence-electron chi connectivity index (χ3n) is 4.51. The van der Waals surface area contributed by atoms with Crippen molar-refractivity contribution in [3.63, 3.8) is 0 Å². The number of halogens is 2. The highest BCUT2D eigenvalue weighted by atomic mass is 35.5. The summed E-state index contributed by atoms with van der Waals surface area (Å²) in [5.74, 6) is -0.168. The summed E-state index contributed by atoms with van der Waals surface area (Å²) >= 11 is 5.65. The van der Waals surface area contributed by atoms with Crippen LogP contribution in [0.2, 0.25) is 5.02 Å². The maximum Gasteiger partial charge on any atom is 0.251 e. The normalized spacial score (nSPS) is 14.2. The molecule has 1 aromatic carbocycles. The first-order valence-electron chi connectivity index (χ1n) is 8.63. The summed E-state index contributed by atoms with van der Waals surface area (Å²) in [6.07, 6.45) is 1.70. The maximum absolute atomic E-state index is 13.5. The molecule has 142 valence electrons. The molecule has 1 aromatic heterocycles. The summed E-state index contributed by atoms with van der Waals surface area (Å²) in [7, 11) is 0. The topological polar surface area (TPSA) is 65.5 Å². The molecule has 0 unspecified atom stereocenters. The van der Waals surface area contributed by atoms with E-state index in [1.54, 1.807) is 24.1 Å².